The minimum absolute atomic E-state index is 0. The number of nitrogens with two attached hydrogens (primary N) is 1. The van der Waals surface area contributed by atoms with Gasteiger partial charge in [0.25, 0.3) is 0 Å². The molecule has 1 saturated heterocycles. The van der Waals surface area contributed by atoms with Crippen LogP contribution in [-0.4, -0.2) is 43.0 Å². The summed E-state index contributed by atoms with van der Waals surface area (Å²) in [6.45, 7) is 5.60. The molecule has 0 aromatic carbocycles. The highest BCUT2D eigenvalue weighted by Gasteiger charge is 2.25. The fourth-order valence-electron chi connectivity index (χ4n) is 3.47. The van der Waals surface area contributed by atoms with Gasteiger partial charge < -0.3 is 11.1 Å². The lowest BCUT2D eigenvalue weighted by Crippen LogP contribution is -2.48. The summed E-state index contributed by atoms with van der Waals surface area (Å²) < 4.78 is 0. The molecule has 1 heterocycles. The Bertz CT molecular complexity index is 301. The number of amides is 1. The van der Waals surface area contributed by atoms with Gasteiger partial charge in [-0.25, -0.2) is 0 Å². The molecule has 5 heteroatoms. The molecule has 2 fully saturated rings. The summed E-state index contributed by atoms with van der Waals surface area (Å²) in [7, 11) is 0. The first-order valence-electron chi connectivity index (χ1n) is 7.91. The SMILES string of the molecule is CC1CCCCC1NC(=O)CN1CCCC(CN)C1.Cl. The molecular formula is C15H30ClN3O. The molecule has 1 amide bonds. The van der Waals surface area contributed by atoms with Crippen LogP contribution in [0.3, 0.4) is 0 Å². The van der Waals surface area contributed by atoms with Crippen molar-refractivity contribution in [2.45, 2.75) is 51.5 Å². The molecule has 3 atom stereocenters. The van der Waals surface area contributed by atoms with Crippen LogP contribution >= 0.6 is 12.4 Å². The van der Waals surface area contributed by atoms with E-state index in [1.54, 1.807) is 0 Å². The van der Waals surface area contributed by atoms with Gasteiger partial charge in [-0.15, -0.1) is 12.4 Å². The molecule has 20 heavy (non-hydrogen) atoms. The second-order valence-corrected chi connectivity index (χ2v) is 6.41. The lowest BCUT2D eigenvalue weighted by molar-refractivity contribution is -0.123. The van der Waals surface area contributed by atoms with Crippen molar-refractivity contribution in [2.75, 3.05) is 26.2 Å². The summed E-state index contributed by atoms with van der Waals surface area (Å²) in [6.07, 6.45) is 7.37. The third kappa shape index (κ3) is 5.23. The molecule has 1 saturated carbocycles. The van der Waals surface area contributed by atoms with Gasteiger partial charge in [-0.1, -0.05) is 19.8 Å². The van der Waals surface area contributed by atoms with Crippen LogP contribution in [0.2, 0.25) is 0 Å². The first-order valence-corrected chi connectivity index (χ1v) is 7.91. The van der Waals surface area contributed by atoms with Gasteiger partial charge in [0.15, 0.2) is 0 Å². The van der Waals surface area contributed by atoms with Crippen LogP contribution in [-0.2, 0) is 4.79 Å². The molecule has 2 aliphatic rings. The van der Waals surface area contributed by atoms with Crippen molar-refractivity contribution in [3.05, 3.63) is 0 Å². The van der Waals surface area contributed by atoms with E-state index in [1.165, 1.54) is 32.1 Å². The highest BCUT2D eigenvalue weighted by atomic mass is 35.5. The second kappa shape index (κ2) is 8.85. The van der Waals surface area contributed by atoms with Crippen molar-refractivity contribution in [2.24, 2.45) is 17.6 Å². The van der Waals surface area contributed by atoms with E-state index in [0.717, 1.165) is 26.1 Å². The summed E-state index contributed by atoms with van der Waals surface area (Å²) in [4.78, 5) is 14.4. The van der Waals surface area contributed by atoms with Gasteiger partial charge in [-0.05, 0) is 50.6 Å². The first-order chi connectivity index (χ1) is 9.19. The third-order valence-electron chi connectivity index (χ3n) is 4.76. The Balaban J connectivity index is 0.00000200. The topological polar surface area (TPSA) is 58.4 Å². The maximum Gasteiger partial charge on any atom is 0.234 e. The third-order valence-corrected chi connectivity index (χ3v) is 4.76. The van der Waals surface area contributed by atoms with Crippen molar-refractivity contribution >= 4 is 18.3 Å². The van der Waals surface area contributed by atoms with Gasteiger partial charge in [0, 0.05) is 12.6 Å². The predicted molar refractivity (Wildman–Crippen MR) is 85.0 cm³/mol. The van der Waals surface area contributed by atoms with E-state index in [1.807, 2.05) is 0 Å². The molecular weight excluding hydrogens is 274 g/mol. The average Bonchev–Trinajstić information content (AvgIpc) is 2.41. The largest absolute Gasteiger partial charge is 0.352 e. The number of nitrogens with one attached hydrogen (secondary N) is 1. The Hall–Kier alpha value is -0.320. The first kappa shape index (κ1) is 17.7. The zero-order valence-corrected chi connectivity index (χ0v) is 13.5. The normalized spacial score (nSPS) is 31.4. The number of carbonyl (C=O) groups is 1. The average molecular weight is 304 g/mol. The molecule has 0 spiro atoms. The van der Waals surface area contributed by atoms with Crippen LogP contribution in [0, 0.1) is 11.8 Å². The number of carbonyl (C=O) groups excluding carboxylic acids is 1. The number of likely N-dealkylation sites (tertiary alicyclic amines) is 1. The highest BCUT2D eigenvalue weighted by molar-refractivity contribution is 5.85. The Morgan fingerprint density at radius 3 is 2.70 bits per heavy atom. The summed E-state index contributed by atoms with van der Waals surface area (Å²) in [5.74, 6) is 1.42. The number of piperidine rings is 1. The van der Waals surface area contributed by atoms with E-state index < -0.39 is 0 Å². The fraction of sp³-hybridized carbons (Fsp3) is 0.933. The molecule has 1 aliphatic carbocycles. The van der Waals surface area contributed by atoms with Crippen molar-refractivity contribution in [1.82, 2.24) is 10.2 Å². The zero-order chi connectivity index (χ0) is 13.7. The van der Waals surface area contributed by atoms with Crippen LogP contribution < -0.4 is 11.1 Å². The van der Waals surface area contributed by atoms with Gasteiger partial charge in [-0.2, -0.15) is 0 Å². The maximum atomic E-state index is 12.1. The molecule has 0 aromatic heterocycles. The molecule has 118 valence electrons. The van der Waals surface area contributed by atoms with Crippen molar-refractivity contribution in [3.8, 4) is 0 Å². The van der Waals surface area contributed by atoms with Gasteiger partial charge in [0.05, 0.1) is 6.54 Å². The summed E-state index contributed by atoms with van der Waals surface area (Å²) in [6, 6.07) is 0.399. The number of nitrogens with zero attached hydrogens (tertiary/aromatic N) is 1. The Labute approximate surface area is 129 Å². The summed E-state index contributed by atoms with van der Waals surface area (Å²) in [5.41, 5.74) is 5.74. The minimum Gasteiger partial charge on any atom is -0.352 e. The van der Waals surface area contributed by atoms with E-state index in [2.05, 4.69) is 17.1 Å². The lowest BCUT2D eigenvalue weighted by Gasteiger charge is -2.33. The van der Waals surface area contributed by atoms with E-state index in [0.29, 0.717) is 24.4 Å². The number of rotatable bonds is 4. The Morgan fingerprint density at radius 1 is 1.25 bits per heavy atom. The van der Waals surface area contributed by atoms with Crippen LogP contribution in [0.25, 0.3) is 0 Å². The van der Waals surface area contributed by atoms with E-state index in [-0.39, 0.29) is 18.3 Å². The zero-order valence-electron chi connectivity index (χ0n) is 12.6. The second-order valence-electron chi connectivity index (χ2n) is 6.41. The van der Waals surface area contributed by atoms with Crippen molar-refractivity contribution in [3.63, 3.8) is 0 Å². The van der Waals surface area contributed by atoms with Gasteiger partial charge in [-0.3, -0.25) is 9.69 Å². The standard InChI is InChI=1S/C15H29N3O.ClH/c1-12-5-2-3-7-14(12)17-15(19)11-18-8-4-6-13(9-16)10-18;/h12-14H,2-11,16H2,1H3,(H,17,19);1H. The summed E-state index contributed by atoms with van der Waals surface area (Å²) in [5, 5.41) is 3.24. The van der Waals surface area contributed by atoms with Crippen LogP contribution in [0.5, 0.6) is 0 Å². The van der Waals surface area contributed by atoms with Gasteiger partial charge in [0.1, 0.15) is 0 Å². The minimum atomic E-state index is 0. The van der Waals surface area contributed by atoms with Gasteiger partial charge in [0.2, 0.25) is 5.91 Å². The quantitative estimate of drug-likeness (QED) is 0.832. The van der Waals surface area contributed by atoms with Crippen LogP contribution in [0.4, 0.5) is 0 Å². The van der Waals surface area contributed by atoms with Crippen LogP contribution in [0.15, 0.2) is 0 Å². The molecule has 0 bridgehead atoms. The molecule has 2 rings (SSSR count). The van der Waals surface area contributed by atoms with E-state index in [9.17, 15) is 4.79 Å². The molecule has 3 unspecified atom stereocenters. The molecule has 0 radical (unpaired) electrons. The highest BCUT2D eigenvalue weighted by Crippen LogP contribution is 2.23. The monoisotopic (exact) mass is 303 g/mol. The number of hydrogen-bond acceptors (Lipinski definition) is 3. The smallest absolute Gasteiger partial charge is 0.234 e. The number of halogens is 1. The molecule has 4 nitrogen and oxygen atoms in total. The maximum absolute atomic E-state index is 12.1. The molecule has 1 aliphatic heterocycles. The van der Waals surface area contributed by atoms with E-state index >= 15 is 0 Å². The lowest BCUT2D eigenvalue weighted by atomic mass is 9.86. The summed E-state index contributed by atoms with van der Waals surface area (Å²) >= 11 is 0. The predicted octanol–water partition coefficient (Wildman–Crippen LogP) is 1.77. The fourth-order valence-corrected chi connectivity index (χ4v) is 3.47. The van der Waals surface area contributed by atoms with Crippen molar-refractivity contribution < 1.29 is 4.79 Å². The molecule has 0 aromatic rings. The van der Waals surface area contributed by atoms with Crippen LogP contribution in [0.1, 0.15) is 45.4 Å². The number of hydrogen-bond donors (Lipinski definition) is 2. The Kier molecular flexibility index (Phi) is 7.85. The van der Waals surface area contributed by atoms with E-state index in [4.69, 9.17) is 5.73 Å². The molecule has 3 N–H and O–H groups in total. The van der Waals surface area contributed by atoms with Gasteiger partial charge >= 0.3 is 0 Å². The van der Waals surface area contributed by atoms with Crippen molar-refractivity contribution in [1.29, 1.82) is 0 Å². The Morgan fingerprint density at radius 2 is 2.00 bits per heavy atom.